The molecular formula is C31H43Si. The maximum absolute atomic E-state index is 2.61. The molecule has 0 bridgehead atoms. The summed E-state index contributed by atoms with van der Waals surface area (Å²) in [6.07, 6.45) is 16.8. The predicted molar refractivity (Wildman–Crippen MR) is 143 cm³/mol. The number of hydrogen-bond acceptors (Lipinski definition) is 0. The van der Waals surface area contributed by atoms with Crippen LogP contribution < -0.4 is 0 Å². The zero-order valence-corrected chi connectivity index (χ0v) is 23.0. The molecule has 4 rings (SSSR count). The average Bonchev–Trinajstić information content (AvgIpc) is 3.29. The fraction of sp³-hybridized carbons (Fsp3) is 0.548. The lowest BCUT2D eigenvalue weighted by Gasteiger charge is -2.56. The summed E-state index contributed by atoms with van der Waals surface area (Å²) in [5, 5.41) is 0.222. The third kappa shape index (κ3) is 2.73. The maximum atomic E-state index is 2.61. The fourth-order valence-corrected chi connectivity index (χ4v) is 10.1. The Labute approximate surface area is 199 Å². The highest BCUT2D eigenvalue weighted by atomic mass is 28.3. The van der Waals surface area contributed by atoms with E-state index in [0.717, 1.165) is 0 Å². The van der Waals surface area contributed by atoms with Gasteiger partial charge in [0.1, 0.15) is 0 Å². The Morgan fingerprint density at radius 1 is 0.781 bits per heavy atom. The van der Waals surface area contributed by atoms with Gasteiger partial charge in [-0.15, -0.1) is 0 Å². The van der Waals surface area contributed by atoms with E-state index in [2.05, 4.69) is 135 Å². The quantitative estimate of drug-likeness (QED) is 0.409. The van der Waals surface area contributed by atoms with Crippen LogP contribution in [0.1, 0.15) is 72.4 Å². The van der Waals surface area contributed by atoms with Crippen LogP contribution in [-0.4, -0.2) is 8.80 Å². The predicted octanol–water partition coefficient (Wildman–Crippen LogP) is 8.87. The normalized spacial score (nSPS) is 36.1. The van der Waals surface area contributed by atoms with E-state index in [1.165, 1.54) is 11.1 Å². The van der Waals surface area contributed by atoms with Crippen LogP contribution in [0.5, 0.6) is 0 Å². The van der Waals surface area contributed by atoms with Gasteiger partial charge in [-0.05, 0) is 32.4 Å². The molecular weight excluding hydrogens is 400 g/mol. The van der Waals surface area contributed by atoms with E-state index in [9.17, 15) is 0 Å². The summed E-state index contributed by atoms with van der Waals surface area (Å²) in [6.45, 7) is 24.9. The van der Waals surface area contributed by atoms with Crippen LogP contribution in [0.4, 0.5) is 0 Å². The van der Waals surface area contributed by atoms with Crippen LogP contribution in [0.2, 0.25) is 18.1 Å². The highest BCUT2D eigenvalue weighted by molar-refractivity contribution is 6.60. The van der Waals surface area contributed by atoms with E-state index in [-0.39, 0.29) is 26.7 Å². The molecule has 0 heterocycles. The van der Waals surface area contributed by atoms with Crippen molar-refractivity contribution in [3.05, 3.63) is 83.5 Å². The van der Waals surface area contributed by atoms with Gasteiger partial charge in [0.05, 0.1) is 8.80 Å². The number of rotatable bonds is 3. The van der Waals surface area contributed by atoms with Crippen molar-refractivity contribution in [3.63, 3.8) is 0 Å². The first-order valence-electron chi connectivity index (χ1n) is 12.4. The van der Waals surface area contributed by atoms with Crippen molar-refractivity contribution in [2.75, 3.05) is 0 Å². The van der Waals surface area contributed by atoms with E-state index >= 15 is 0 Å². The standard InChI is InChI=1S/C31H43Si/c1-27(2,3)23-20-18-22(19-21-23)25-16-13-17-26-29(25,6)30(7,24-14-11-12-15-24)28(4,5)31(26,8)32(9)10/h11-21,24-25H,1-10H3. The molecule has 0 saturated heterocycles. The zero-order valence-electron chi connectivity index (χ0n) is 22.0. The molecule has 0 aliphatic heterocycles. The second-order valence-electron chi connectivity index (χ2n) is 12.8. The Morgan fingerprint density at radius 2 is 1.34 bits per heavy atom. The van der Waals surface area contributed by atoms with Crippen LogP contribution in [0.15, 0.2) is 72.4 Å². The van der Waals surface area contributed by atoms with Crippen molar-refractivity contribution in [3.8, 4) is 0 Å². The summed E-state index contributed by atoms with van der Waals surface area (Å²) in [4.78, 5) is 0. The molecule has 1 aromatic rings. The Balaban J connectivity index is 1.96. The van der Waals surface area contributed by atoms with Gasteiger partial charge in [0.25, 0.3) is 0 Å². The molecule has 0 nitrogen and oxygen atoms in total. The van der Waals surface area contributed by atoms with Crippen LogP contribution in [-0.2, 0) is 5.41 Å². The largest absolute Gasteiger partial charge is 0.0770 e. The molecule has 1 radical (unpaired) electrons. The summed E-state index contributed by atoms with van der Waals surface area (Å²) in [5.41, 5.74) is 5.06. The molecule has 1 heteroatoms. The summed E-state index contributed by atoms with van der Waals surface area (Å²) in [7, 11) is -0.604. The van der Waals surface area contributed by atoms with Gasteiger partial charge in [-0.3, -0.25) is 0 Å². The summed E-state index contributed by atoms with van der Waals surface area (Å²) in [5.74, 6) is 0.836. The summed E-state index contributed by atoms with van der Waals surface area (Å²) >= 11 is 0. The average molecular weight is 444 g/mol. The molecule has 0 N–H and O–H groups in total. The minimum atomic E-state index is -0.604. The highest BCUT2D eigenvalue weighted by Crippen LogP contribution is 2.82. The van der Waals surface area contributed by atoms with Crippen molar-refractivity contribution in [2.24, 2.45) is 22.2 Å². The van der Waals surface area contributed by atoms with Gasteiger partial charge in [0, 0.05) is 17.3 Å². The first-order chi connectivity index (χ1) is 14.7. The first kappa shape index (κ1) is 23.6. The topological polar surface area (TPSA) is 0 Å². The lowest BCUT2D eigenvalue weighted by molar-refractivity contribution is -0.0168. The smallest absolute Gasteiger partial charge is 0.0538 e. The van der Waals surface area contributed by atoms with E-state index < -0.39 is 8.80 Å². The number of fused-ring (bicyclic) bond motifs is 1. The third-order valence-corrected chi connectivity index (χ3v) is 13.4. The molecule has 32 heavy (non-hydrogen) atoms. The van der Waals surface area contributed by atoms with Crippen LogP contribution >= 0.6 is 0 Å². The van der Waals surface area contributed by atoms with Crippen LogP contribution in [0.25, 0.3) is 0 Å². The molecule has 3 aliphatic carbocycles. The van der Waals surface area contributed by atoms with E-state index in [1.54, 1.807) is 5.57 Å². The van der Waals surface area contributed by atoms with Crippen molar-refractivity contribution in [1.29, 1.82) is 0 Å². The Hall–Kier alpha value is -1.60. The second kappa shape index (κ2) is 7.20. The Morgan fingerprint density at radius 3 is 1.84 bits per heavy atom. The molecule has 0 aromatic heterocycles. The molecule has 1 saturated carbocycles. The van der Waals surface area contributed by atoms with Gasteiger partial charge in [-0.2, -0.15) is 0 Å². The second-order valence-corrected chi connectivity index (χ2v) is 15.8. The number of hydrogen-bond donors (Lipinski definition) is 0. The minimum Gasteiger partial charge on any atom is -0.0770 e. The highest BCUT2D eigenvalue weighted by Gasteiger charge is 2.74. The molecule has 1 fully saturated rings. The number of allylic oxidation sites excluding steroid dienone is 8. The van der Waals surface area contributed by atoms with Gasteiger partial charge >= 0.3 is 0 Å². The van der Waals surface area contributed by atoms with Crippen molar-refractivity contribution in [1.82, 2.24) is 0 Å². The molecule has 171 valence electrons. The minimum absolute atomic E-state index is 0.0505. The summed E-state index contributed by atoms with van der Waals surface area (Å²) in [6, 6.07) is 9.56. The van der Waals surface area contributed by atoms with Gasteiger partial charge < -0.3 is 0 Å². The fourth-order valence-electron chi connectivity index (χ4n) is 7.70. The maximum Gasteiger partial charge on any atom is 0.0538 e. The lowest BCUT2D eigenvalue weighted by atomic mass is 9.48. The molecule has 4 atom stereocenters. The summed E-state index contributed by atoms with van der Waals surface area (Å²) < 4.78 is 0. The molecule has 3 aliphatic rings. The van der Waals surface area contributed by atoms with Crippen molar-refractivity contribution >= 4 is 8.80 Å². The van der Waals surface area contributed by atoms with Crippen LogP contribution in [0, 0.1) is 22.2 Å². The van der Waals surface area contributed by atoms with E-state index in [4.69, 9.17) is 0 Å². The molecule has 1 aromatic carbocycles. The molecule has 4 unspecified atom stereocenters. The van der Waals surface area contributed by atoms with Gasteiger partial charge in [-0.1, -0.05) is 141 Å². The van der Waals surface area contributed by atoms with Gasteiger partial charge in [0.15, 0.2) is 0 Å². The monoisotopic (exact) mass is 443 g/mol. The van der Waals surface area contributed by atoms with E-state index in [1.807, 2.05) is 0 Å². The van der Waals surface area contributed by atoms with Crippen LogP contribution in [0.3, 0.4) is 0 Å². The molecule has 0 amide bonds. The van der Waals surface area contributed by atoms with Gasteiger partial charge in [0.2, 0.25) is 0 Å². The van der Waals surface area contributed by atoms with Crippen molar-refractivity contribution in [2.45, 2.75) is 84.9 Å². The third-order valence-electron chi connectivity index (χ3n) is 10.5. The van der Waals surface area contributed by atoms with Gasteiger partial charge in [-0.25, -0.2) is 0 Å². The lowest BCUT2D eigenvalue weighted by Crippen LogP contribution is -2.50. The van der Waals surface area contributed by atoms with Crippen molar-refractivity contribution < 1.29 is 0 Å². The first-order valence-corrected chi connectivity index (χ1v) is 14.9. The number of benzene rings is 1. The Kier molecular flexibility index (Phi) is 5.30. The Bertz CT molecular complexity index is 998. The molecule has 0 spiro atoms. The SMILES string of the molecule is C[Si](C)C1(C)C2=CC=CC(c3ccc(C(C)(C)C)cc3)C2(C)C(C)(C2C=CC=C2)C1(C)C. The van der Waals surface area contributed by atoms with E-state index in [0.29, 0.717) is 11.8 Å². The zero-order chi connectivity index (χ0) is 23.7.